The minimum atomic E-state index is -0.187. The number of rotatable bonds is 4. The van der Waals surface area contributed by atoms with Gasteiger partial charge in [0.05, 0.1) is 5.75 Å². The number of primary amides is 1. The molecule has 2 amide bonds. The Morgan fingerprint density at radius 2 is 1.87 bits per heavy atom. The average molecular weight is 230 g/mol. The summed E-state index contributed by atoms with van der Waals surface area (Å²) in [6.45, 7) is 0.699. The standard InChI is InChI=1S/C10H18N2O2S/c11-10(14)8-3-1-7(2-4-8)5-12-9(13)6-15/h7-8,15H,1-6H2,(H2,11,14)(H,12,13). The van der Waals surface area contributed by atoms with Crippen LogP contribution in [0, 0.1) is 11.8 Å². The van der Waals surface area contributed by atoms with Crippen molar-refractivity contribution in [2.24, 2.45) is 17.6 Å². The van der Waals surface area contributed by atoms with Crippen molar-refractivity contribution in [3.05, 3.63) is 0 Å². The van der Waals surface area contributed by atoms with Crippen LogP contribution in [0.2, 0.25) is 0 Å². The summed E-state index contributed by atoms with van der Waals surface area (Å²) in [5.41, 5.74) is 5.24. The Kier molecular flexibility index (Phi) is 4.94. The van der Waals surface area contributed by atoms with Crippen molar-refractivity contribution in [1.29, 1.82) is 0 Å². The number of amides is 2. The second kappa shape index (κ2) is 6.00. The summed E-state index contributed by atoms with van der Waals surface area (Å²) < 4.78 is 0. The van der Waals surface area contributed by atoms with Gasteiger partial charge in [-0.2, -0.15) is 12.6 Å². The summed E-state index contributed by atoms with van der Waals surface area (Å²) in [6.07, 6.45) is 3.66. The van der Waals surface area contributed by atoms with Crippen LogP contribution in [0.1, 0.15) is 25.7 Å². The van der Waals surface area contributed by atoms with Crippen LogP contribution < -0.4 is 11.1 Å². The van der Waals surface area contributed by atoms with E-state index in [0.29, 0.717) is 12.5 Å². The van der Waals surface area contributed by atoms with Crippen molar-refractivity contribution in [2.45, 2.75) is 25.7 Å². The van der Waals surface area contributed by atoms with E-state index in [1.54, 1.807) is 0 Å². The highest BCUT2D eigenvalue weighted by atomic mass is 32.1. The van der Waals surface area contributed by atoms with Crippen LogP contribution in [0.3, 0.4) is 0 Å². The van der Waals surface area contributed by atoms with E-state index < -0.39 is 0 Å². The third-order valence-corrected chi connectivity index (χ3v) is 3.27. The average Bonchev–Trinajstić information content (AvgIpc) is 2.26. The first-order valence-corrected chi connectivity index (χ1v) is 5.93. The lowest BCUT2D eigenvalue weighted by atomic mass is 9.81. The van der Waals surface area contributed by atoms with Crippen molar-refractivity contribution >= 4 is 24.4 Å². The zero-order valence-corrected chi connectivity index (χ0v) is 9.63. The van der Waals surface area contributed by atoms with Gasteiger partial charge in [-0.3, -0.25) is 9.59 Å². The summed E-state index contributed by atoms with van der Waals surface area (Å²) in [5.74, 6) is 0.547. The van der Waals surface area contributed by atoms with Crippen LogP contribution in [0.4, 0.5) is 0 Å². The van der Waals surface area contributed by atoms with Gasteiger partial charge in [0.1, 0.15) is 0 Å². The highest BCUT2D eigenvalue weighted by molar-refractivity contribution is 7.81. The first-order valence-electron chi connectivity index (χ1n) is 5.30. The van der Waals surface area contributed by atoms with Gasteiger partial charge >= 0.3 is 0 Å². The molecule has 0 aliphatic heterocycles. The summed E-state index contributed by atoms with van der Waals surface area (Å²) in [5, 5.41) is 2.81. The molecule has 0 heterocycles. The Bertz CT molecular complexity index is 238. The fourth-order valence-electron chi connectivity index (χ4n) is 1.97. The highest BCUT2D eigenvalue weighted by Gasteiger charge is 2.24. The Balaban J connectivity index is 2.20. The van der Waals surface area contributed by atoms with Gasteiger partial charge in [0, 0.05) is 12.5 Å². The summed E-state index contributed by atoms with van der Waals surface area (Å²) >= 11 is 3.88. The molecule has 5 heteroatoms. The van der Waals surface area contributed by atoms with Gasteiger partial charge in [0.2, 0.25) is 11.8 Å². The first-order chi connectivity index (χ1) is 7.13. The van der Waals surface area contributed by atoms with Crippen molar-refractivity contribution in [3.8, 4) is 0 Å². The third kappa shape index (κ3) is 4.11. The maximum Gasteiger partial charge on any atom is 0.229 e. The molecule has 0 saturated heterocycles. The lowest BCUT2D eigenvalue weighted by Gasteiger charge is -2.26. The van der Waals surface area contributed by atoms with Gasteiger partial charge in [-0.25, -0.2) is 0 Å². The Morgan fingerprint density at radius 3 is 2.33 bits per heavy atom. The first kappa shape index (κ1) is 12.4. The molecular formula is C10H18N2O2S. The quantitative estimate of drug-likeness (QED) is 0.609. The predicted molar refractivity (Wildman–Crippen MR) is 61.5 cm³/mol. The number of carbonyl (C=O) groups excluding carboxylic acids is 2. The van der Waals surface area contributed by atoms with Crippen LogP contribution in [-0.4, -0.2) is 24.1 Å². The second-order valence-electron chi connectivity index (χ2n) is 4.08. The molecule has 15 heavy (non-hydrogen) atoms. The maximum atomic E-state index is 11.0. The minimum Gasteiger partial charge on any atom is -0.369 e. The number of thiol groups is 1. The Labute approximate surface area is 95.4 Å². The molecule has 1 rings (SSSR count). The van der Waals surface area contributed by atoms with Crippen molar-refractivity contribution in [3.63, 3.8) is 0 Å². The largest absolute Gasteiger partial charge is 0.369 e. The van der Waals surface area contributed by atoms with Crippen molar-refractivity contribution in [1.82, 2.24) is 5.32 Å². The zero-order chi connectivity index (χ0) is 11.3. The lowest BCUT2D eigenvalue weighted by Crippen LogP contribution is -2.34. The fourth-order valence-corrected chi connectivity index (χ4v) is 2.08. The molecule has 1 aliphatic rings. The molecule has 3 N–H and O–H groups in total. The van der Waals surface area contributed by atoms with E-state index in [1.807, 2.05) is 0 Å². The normalized spacial score (nSPS) is 25.9. The summed E-state index contributed by atoms with van der Waals surface area (Å²) in [6, 6.07) is 0. The van der Waals surface area contributed by atoms with Crippen molar-refractivity contribution in [2.75, 3.05) is 12.3 Å². The van der Waals surface area contributed by atoms with Crippen LogP contribution in [0.5, 0.6) is 0 Å². The number of hydrogen-bond donors (Lipinski definition) is 3. The van der Waals surface area contributed by atoms with Gasteiger partial charge < -0.3 is 11.1 Å². The van der Waals surface area contributed by atoms with Crippen LogP contribution >= 0.6 is 12.6 Å². The van der Waals surface area contributed by atoms with Crippen molar-refractivity contribution < 1.29 is 9.59 Å². The van der Waals surface area contributed by atoms with E-state index in [-0.39, 0.29) is 23.5 Å². The van der Waals surface area contributed by atoms with Gasteiger partial charge in [-0.1, -0.05) is 0 Å². The molecule has 4 nitrogen and oxygen atoms in total. The Morgan fingerprint density at radius 1 is 1.27 bits per heavy atom. The zero-order valence-electron chi connectivity index (χ0n) is 8.74. The monoisotopic (exact) mass is 230 g/mol. The number of nitrogens with one attached hydrogen (secondary N) is 1. The molecule has 0 radical (unpaired) electrons. The van der Waals surface area contributed by atoms with Gasteiger partial charge in [0.25, 0.3) is 0 Å². The fraction of sp³-hybridized carbons (Fsp3) is 0.800. The highest BCUT2D eigenvalue weighted by Crippen LogP contribution is 2.27. The lowest BCUT2D eigenvalue weighted by molar-refractivity contribution is -0.123. The molecule has 1 aliphatic carbocycles. The molecule has 0 bridgehead atoms. The van der Waals surface area contributed by atoms with E-state index in [0.717, 1.165) is 25.7 Å². The minimum absolute atomic E-state index is 0.0321. The molecular weight excluding hydrogens is 212 g/mol. The maximum absolute atomic E-state index is 11.0. The van der Waals surface area contributed by atoms with E-state index in [2.05, 4.69) is 17.9 Å². The van der Waals surface area contributed by atoms with Gasteiger partial charge in [-0.05, 0) is 31.6 Å². The van der Waals surface area contributed by atoms with Gasteiger partial charge in [0.15, 0.2) is 0 Å². The topological polar surface area (TPSA) is 72.2 Å². The third-order valence-electron chi connectivity index (χ3n) is 2.98. The van der Waals surface area contributed by atoms with E-state index >= 15 is 0 Å². The predicted octanol–water partition coefficient (Wildman–Crippen LogP) is 0.324. The van der Waals surface area contributed by atoms with E-state index in [9.17, 15) is 9.59 Å². The van der Waals surface area contributed by atoms with Crippen LogP contribution in [0.25, 0.3) is 0 Å². The van der Waals surface area contributed by atoms with Crippen LogP contribution in [-0.2, 0) is 9.59 Å². The number of carbonyl (C=O) groups is 2. The second-order valence-corrected chi connectivity index (χ2v) is 4.40. The molecule has 0 atom stereocenters. The molecule has 86 valence electrons. The molecule has 0 aromatic rings. The van der Waals surface area contributed by atoms with Crippen LogP contribution in [0.15, 0.2) is 0 Å². The number of hydrogen-bond acceptors (Lipinski definition) is 3. The number of nitrogens with two attached hydrogens (primary N) is 1. The van der Waals surface area contributed by atoms with E-state index in [1.165, 1.54) is 0 Å². The molecule has 0 aromatic heterocycles. The Hall–Kier alpha value is -0.710. The SMILES string of the molecule is NC(=O)C1CCC(CNC(=O)CS)CC1. The smallest absolute Gasteiger partial charge is 0.229 e. The summed E-state index contributed by atoms with van der Waals surface area (Å²) in [4.78, 5) is 21.9. The molecule has 1 saturated carbocycles. The molecule has 0 aromatic carbocycles. The van der Waals surface area contributed by atoms with E-state index in [4.69, 9.17) is 5.73 Å². The molecule has 0 spiro atoms. The summed E-state index contributed by atoms with van der Waals surface area (Å²) in [7, 11) is 0. The molecule has 0 unspecified atom stereocenters. The van der Waals surface area contributed by atoms with Gasteiger partial charge in [-0.15, -0.1) is 0 Å². The molecule has 1 fully saturated rings.